The van der Waals surface area contributed by atoms with Crippen molar-refractivity contribution in [1.29, 1.82) is 0 Å². The zero-order valence-electron chi connectivity index (χ0n) is 14.6. The first kappa shape index (κ1) is 19.2. The summed E-state index contributed by atoms with van der Waals surface area (Å²) >= 11 is 0. The smallest absolute Gasteiger partial charge is 0.425 e. The zero-order valence-corrected chi connectivity index (χ0v) is 15.4. The molecule has 1 aliphatic heterocycles. The van der Waals surface area contributed by atoms with Crippen LogP contribution in [0.25, 0.3) is 0 Å². The van der Waals surface area contributed by atoms with Crippen molar-refractivity contribution < 1.29 is 27.5 Å². The van der Waals surface area contributed by atoms with Crippen LogP contribution in [0.3, 0.4) is 0 Å². The molecule has 1 aliphatic rings. The van der Waals surface area contributed by atoms with E-state index in [-0.39, 0.29) is 13.1 Å². The average Bonchev–Trinajstić information content (AvgIpc) is 2.77. The number of methoxy groups -OCH3 is 1. The molecule has 1 aromatic carbocycles. The van der Waals surface area contributed by atoms with E-state index in [0.29, 0.717) is 9.87 Å². The summed E-state index contributed by atoms with van der Waals surface area (Å²) in [7, 11) is -3.04. The molecule has 9 heteroatoms. The topological polar surface area (TPSA) is 93.2 Å². The molecule has 8 nitrogen and oxygen atoms in total. The number of rotatable bonds is 3. The maximum absolute atomic E-state index is 12.8. The molecule has 138 valence electrons. The average molecular weight is 370 g/mol. The van der Waals surface area contributed by atoms with Crippen molar-refractivity contribution in [2.24, 2.45) is 0 Å². The van der Waals surface area contributed by atoms with Crippen molar-refractivity contribution in [3.63, 3.8) is 0 Å². The molecule has 0 unspecified atom stereocenters. The van der Waals surface area contributed by atoms with E-state index in [2.05, 4.69) is 0 Å². The lowest BCUT2D eigenvalue weighted by molar-refractivity contribution is -0.144. The molecule has 0 N–H and O–H groups in total. The van der Waals surface area contributed by atoms with Gasteiger partial charge in [-0.15, -0.1) is 0 Å². The molecule has 0 bridgehead atoms. The fourth-order valence-corrected chi connectivity index (χ4v) is 3.99. The largest absolute Gasteiger partial charge is 0.468 e. The highest BCUT2D eigenvalue weighted by molar-refractivity contribution is 7.87. The third-order valence-electron chi connectivity index (χ3n) is 3.51. The standard InChI is InChI=1S/C16H22N2O6S/c1-16(2,3)24-15(20)18-11-13(14(19)23-4)17(25(18,21)22)10-12-8-6-5-7-9-12/h5-9,13H,10-11H2,1-4H3/t13-/m0/s1. The third kappa shape index (κ3) is 4.29. The summed E-state index contributed by atoms with van der Waals surface area (Å²) in [6, 6.07) is 7.67. The van der Waals surface area contributed by atoms with Gasteiger partial charge in [0.15, 0.2) is 0 Å². The Morgan fingerprint density at radius 1 is 1.20 bits per heavy atom. The number of benzene rings is 1. The van der Waals surface area contributed by atoms with Crippen LogP contribution < -0.4 is 0 Å². The van der Waals surface area contributed by atoms with Crippen molar-refractivity contribution in [2.45, 2.75) is 39.0 Å². The maximum atomic E-state index is 12.8. The van der Waals surface area contributed by atoms with Gasteiger partial charge in [-0.1, -0.05) is 30.3 Å². The van der Waals surface area contributed by atoms with Crippen LogP contribution in [0.1, 0.15) is 26.3 Å². The Labute approximate surface area is 147 Å². The van der Waals surface area contributed by atoms with Crippen LogP contribution in [0, 0.1) is 0 Å². The first-order valence-electron chi connectivity index (χ1n) is 7.70. The Morgan fingerprint density at radius 2 is 1.80 bits per heavy atom. The Balaban J connectivity index is 2.34. The molecule has 0 aliphatic carbocycles. The monoisotopic (exact) mass is 370 g/mol. The number of hydrogen-bond acceptors (Lipinski definition) is 6. The van der Waals surface area contributed by atoms with Gasteiger partial charge in [0.1, 0.15) is 11.6 Å². The van der Waals surface area contributed by atoms with Gasteiger partial charge in [0.2, 0.25) is 0 Å². The van der Waals surface area contributed by atoms with Crippen molar-refractivity contribution in [2.75, 3.05) is 13.7 Å². The maximum Gasteiger partial charge on any atom is 0.425 e. The number of esters is 1. The molecular weight excluding hydrogens is 348 g/mol. The van der Waals surface area contributed by atoms with E-state index in [0.717, 1.165) is 4.31 Å². The van der Waals surface area contributed by atoms with E-state index in [1.807, 2.05) is 0 Å². The van der Waals surface area contributed by atoms with E-state index in [4.69, 9.17) is 9.47 Å². The number of hydrogen-bond donors (Lipinski definition) is 0. The molecule has 2 rings (SSSR count). The minimum atomic E-state index is -4.21. The van der Waals surface area contributed by atoms with Gasteiger partial charge in [-0.25, -0.2) is 4.79 Å². The van der Waals surface area contributed by atoms with E-state index in [9.17, 15) is 18.0 Å². The number of nitrogens with zero attached hydrogens (tertiary/aromatic N) is 2. The second kappa shape index (κ2) is 7.01. The second-order valence-electron chi connectivity index (χ2n) is 6.59. The first-order valence-corrected chi connectivity index (χ1v) is 9.10. The Hall–Kier alpha value is -2.13. The van der Waals surface area contributed by atoms with Crippen LogP contribution in [-0.2, 0) is 31.0 Å². The lowest BCUT2D eigenvalue weighted by atomic mass is 10.2. The highest BCUT2D eigenvalue weighted by atomic mass is 32.2. The molecule has 1 amide bonds. The fraction of sp³-hybridized carbons (Fsp3) is 0.500. The summed E-state index contributed by atoms with van der Waals surface area (Å²) in [5.41, 5.74) is -0.175. The van der Waals surface area contributed by atoms with E-state index in [1.54, 1.807) is 51.1 Å². The molecule has 1 aromatic rings. The number of amides is 1. The predicted molar refractivity (Wildman–Crippen MR) is 89.6 cm³/mol. The molecule has 0 radical (unpaired) electrons. The first-order chi connectivity index (χ1) is 11.6. The van der Waals surface area contributed by atoms with Crippen molar-refractivity contribution in [1.82, 2.24) is 8.61 Å². The molecule has 25 heavy (non-hydrogen) atoms. The van der Waals surface area contributed by atoms with Crippen LogP contribution in [0.5, 0.6) is 0 Å². The predicted octanol–water partition coefficient (Wildman–Crippen LogP) is 1.53. The minimum absolute atomic E-state index is 0.0533. The zero-order chi connectivity index (χ0) is 18.8. The van der Waals surface area contributed by atoms with Gasteiger partial charge in [0, 0.05) is 6.54 Å². The van der Waals surface area contributed by atoms with Gasteiger partial charge in [-0.05, 0) is 26.3 Å². The highest BCUT2D eigenvalue weighted by Gasteiger charge is 2.51. The van der Waals surface area contributed by atoms with Crippen LogP contribution in [0.15, 0.2) is 30.3 Å². The minimum Gasteiger partial charge on any atom is -0.468 e. The normalized spacial score (nSPS) is 20.3. The molecule has 1 atom stereocenters. The third-order valence-corrected chi connectivity index (χ3v) is 5.34. The quantitative estimate of drug-likeness (QED) is 0.749. The Kier molecular flexibility index (Phi) is 5.38. The van der Waals surface area contributed by atoms with E-state index in [1.165, 1.54) is 7.11 Å². The van der Waals surface area contributed by atoms with Gasteiger partial charge in [0.25, 0.3) is 0 Å². The van der Waals surface area contributed by atoms with Gasteiger partial charge < -0.3 is 9.47 Å². The van der Waals surface area contributed by atoms with E-state index < -0.39 is 33.9 Å². The second-order valence-corrected chi connectivity index (χ2v) is 8.39. The van der Waals surface area contributed by atoms with Gasteiger partial charge in [-0.2, -0.15) is 17.0 Å². The van der Waals surface area contributed by atoms with Gasteiger partial charge in [0.05, 0.1) is 13.7 Å². The van der Waals surface area contributed by atoms with E-state index >= 15 is 0 Å². The van der Waals surface area contributed by atoms with Crippen molar-refractivity contribution >= 4 is 22.3 Å². The van der Waals surface area contributed by atoms with Gasteiger partial charge >= 0.3 is 22.3 Å². The van der Waals surface area contributed by atoms with Crippen LogP contribution in [0.4, 0.5) is 4.79 Å². The molecule has 0 saturated carbocycles. The lowest BCUT2D eigenvalue weighted by Gasteiger charge is -2.24. The Bertz CT molecular complexity index is 742. The summed E-state index contributed by atoms with van der Waals surface area (Å²) in [5, 5.41) is 0. The summed E-state index contributed by atoms with van der Waals surface area (Å²) < 4.78 is 37.0. The van der Waals surface area contributed by atoms with Gasteiger partial charge in [-0.3, -0.25) is 4.79 Å². The van der Waals surface area contributed by atoms with Crippen molar-refractivity contribution in [3.8, 4) is 0 Å². The highest BCUT2D eigenvalue weighted by Crippen LogP contribution is 2.27. The SMILES string of the molecule is COC(=O)[C@@H]1CN(C(=O)OC(C)(C)C)S(=O)(=O)N1Cc1ccccc1. The van der Waals surface area contributed by atoms with Crippen molar-refractivity contribution in [3.05, 3.63) is 35.9 Å². The Morgan fingerprint density at radius 3 is 2.32 bits per heavy atom. The molecule has 0 aromatic heterocycles. The van der Waals surface area contributed by atoms with Crippen LogP contribution in [0.2, 0.25) is 0 Å². The number of carbonyl (C=O) groups excluding carboxylic acids is 2. The summed E-state index contributed by atoms with van der Waals surface area (Å²) in [5.74, 6) is -0.731. The lowest BCUT2D eigenvalue weighted by Crippen LogP contribution is -2.41. The molecule has 1 heterocycles. The molecule has 1 saturated heterocycles. The summed E-state index contributed by atoms with van der Waals surface area (Å²) in [4.78, 5) is 24.3. The van der Waals surface area contributed by atoms with Crippen LogP contribution >= 0.6 is 0 Å². The number of ether oxygens (including phenoxy) is 2. The number of carbonyl (C=O) groups is 2. The fourth-order valence-electron chi connectivity index (χ4n) is 2.39. The van der Waals surface area contributed by atoms with Crippen LogP contribution in [-0.4, -0.2) is 54.4 Å². The molecular formula is C16H22N2O6S. The molecule has 1 fully saturated rings. The molecule has 0 spiro atoms. The summed E-state index contributed by atoms with van der Waals surface area (Å²) in [6.45, 7) is 4.49. The summed E-state index contributed by atoms with van der Waals surface area (Å²) in [6.07, 6.45) is -1.02.